The molecule has 0 bridgehead atoms. The van der Waals surface area contributed by atoms with E-state index >= 15 is 0 Å². The topological polar surface area (TPSA) is 51.6 Å². The van der Waals surface area contributed by atoms with E-state index in [1.165, 1.54) is 0 Å². The zero-order valence-corrected chi connectivity index (χ0v) is 16.2. The molecule has 1 aliphatic heterocycles. The maximum absolute atomic E-state index is 12.0. The quantitative estimate of drug-likeness (QED) is 0.694. The van der Waals surface area contributed by atoms with Gasteiger partial charge < -0.3 is 14.6 Å². The highest BCUT2D eigenvalue weighted by Gasteiger charge is 2.69. The molecule has 1 saturated carbocycles. The van der Waals surface area contributed by atoms with Gasteiger partial charge in [0.15, 0.2) is 11.2 Å². The summed E-state index contributed by atoms with van der Waals surface area (Å²) in [5.74, 6) is 1.28. The molecule has 28 heavy (non-hydrogen) atoms. The molecule has 1 aliphatic carbocycles. The van der Waals surface area contributed by atoms with Crippen molar-refractivity contribution < 1.29 is 14.6 Å². The van der Waals surface area contributed by atoms with Crippen molar-refractivity contribution >= 4 is 11.6 Å². The Hall–Kier alpha value is -2.56. The van der Waals surface area contributed by atoms with Crippen molar-refractivity contribution in [1.29, 1.82) is 0 Å². The van der Waals surface area contributed by atoms with Gasteiger partial charge in [-0.25, -0.2) is 0 Å². The zero-order chi connectivity index (χ0) is 19.4. The number of ether oxygens (including phenoxy) is 2. The summed E-state index contributed by atoms with van der Waals surface area (Å²) < 4.78 is 11.9. The normalized spacial score (nSPS) is 27.8. The van der Waals surface area contributed by atoms with Gasteiger partial charge in [-0.15, -0.1) is 0 Å². The first-order chi connectivity index (χ1) is 13.6. The van der Waals surface area contributed by atoms with E-state index in [-0.39, 0.29) is 5.92 Å². The number of methoxy groups -OCH3 is 1. The highest BCUT2D eigenvalue weighted by Crippen LogP contribution is 2.66. The number of benzene rings is 2. The second kappa shape index (κ2) is 6.23. The minimum Gasteiger partial charge on any atom is -0.497 e. The number of aromatic nitrogens is 1. The first kappa shape index (κ1) is 17.5. The van der Waals surface area contributed by atoms with Crippen molar-refractivity contribution in [3.05, 3.63) is 88.7 Å². The molecule has 1 fully saturated rings. The molecule has 5 heteroatoms. The summed E-state index contributed by atoms with van der Waals surface area (Å²) in [6, 6.07) is 19.7. The molecule has 142 valence electrons. The summed E-state index contributed by atoms with van der Waals surface area (Å²) in [5.41, 5.74) is 0.387. The summed E-state index contributed by atoms with van der Waals surface area (Å²) in [6.07, 6.45) is 2.91. The van der Waals surface area contributed by atoms with Gasteiger partial charge >= 0.3 is 0 Å². The lowest BCUT2D eigenvalue weighted by molar-refractivity contribution is -0.107. The van der Waals surface area contributed by atoms with E-state index in [2.05, 4.69) is 17.1 Å². The van der Waals surface area contributed by atoms with E-state index in [0.717, 1.165) is 23.3 Å². The van der Waals surface area contributed by atoms with Crippen LogP contribution >= 0.6 is 11.6 Å². The van der Waals surface area contributed by atoms with Crippen molar-refractivity contribution in [1.82, 2.24) is 4.98 Å². The molecule has 1 aromatic heterocycles. The molecule has 0 spiro atoms. The molecule has 0 saturated heterocycles. The fourth-order valence-electron chi connectivity index (χ4n) is 4.89. The minimum atomic E-state index is -1.23. The molecule has 4 nitrogen and oxygen atoms in total. The molecule has 2 aliphatic rings. The Labute approximate surface area is 168 Å². The van der Waals surface area contributed by atoms with Crippen LogP contribution in [-0.2, 0) is 11.2 Å². The van der Waals surface area contributed by atoms with Crippen LogP contribution in [0.5, 0.6) is 11.5 Å². The fraction of sp³-hybridized carbons (Fsp3) is 0.261. The van der Waals surface area contributed by atoms with Gasteiger partial charge in [0.25, 0.3) is 0 Å². The molecule has 0 radical (unpaired) electrons. The van der Waals surface area contributed by atoms with E-state index < -0.39 is 11.2 Å². The van der Waals surface area contributed by atoms with Crippen LogP contribution in [0, 0.1) is 0 Å². The van der Waals surface area contributed by atoms with Crippen LogP contribution in [0.3, 0.4) is 0 Å². The number of pyridine rings is 1. The SMILES string of the molecule is COc1ccc(C23Oc4cc(Cl)cnc4C2(O)CCC3c2ccccc2)cc1. The van der Waals surface area contributed by atoms with Gasteiger partial charge in [-0.2, -0.15) is 0 Å². The Bertz CT molecular complexity index is 1020. The van der Waals surface area contributed by atoms with Crippen LogP contribution in [0.4, 0.5) is 0 Å². The smallest absolute Gasteiger partial charge is 0.175 e. The van der Waals surface area contributed by atoms with Gasteiger partial charge in [-0.05, 0) is 36.1 Å². The van der Waals surface area contributed by atoms with Crippen LogP contribution in [0.25, 0.3) is 0 Å². The van der Waals surface area contributed by atoms with Crippen LogP contribution in [0.2, 0.25) is 5.02 Å². The van der Waals surface area contributed by atoms with E-state index in [0.29, 0.717) is 22.9 Å². The van der Waals surface area contributed by atoms with Crippen molar-refractivity contribution in [3.63, 3.8) is 0 Å². The van der Waals surface area contributed by atoms with Gasteiger partial charge in [0.2, 0.25) is 0 Å². The zero-order valence-electron chi connectivity index (χ0n) is 15.4. The second-order valence-corrected chi connectivity index (χ2v) is 7.87. The molecule has 3 atom stereocenters. The number of fused-ring (bicyclic) bond motifs is 3. The van der Waals surface area contributed by atoms with E-state index in [1.54, 1.807) is 19.4 Å². The monoisotopic (exact) mass is 393 g/mol. The highest BCUT2D eigenvalue weighted by atomic mass is 35.5. The third-order valence-corrected chi connectivity index (χ3v) is 6.31. The van der Waals surface area contributed by atoms with Gasteiger partial charge in [0.1, 0.15) is 17.2 Å². The largest absolute Gasteiger partial charge is 0.497 e. The van der Waals surface area contributed by atoms with Crippen LogP contribution in [0.1, 0.15) is 35.6 Å². The van der Waals surface area contributed by atoms with E-state index in [4.69, 9.17) is 21.1 Å². The summed E-state index contributed by atoms with van der Waals surface area (Å²) in [5, 5.41) is 12.5. The molecule has 2 aromatic carbocycles. The first-order valence-electron chi connectivity index (χ1n) is 9.35. The van der Waals surface area contributed by atoms with Gasteiger partial charge in [-0.1, -0.05) is 54.1 Å². The summed E-state index contributed by atoms with van der Waals surface area (Å²) in [7, 11) is 1.64. The Morgan fingerprint density at radius 2 is 1.89 bits per heavy atom. The number of hydrogen-bond donors (Lipinski definition) is 1. The van der Waals surface area contributed by atoms with Crippen molar-refractivity contribution in [3.8, 4) is 11.5 Å². The van der Waals surface area contributed by atoms with Crippen LogP contribution < -0.4 is 9.47 Å². The average Bonchev–Trinajstić information content (AvgIpc) is 3.15. The second-order valence-electron chi connectivity index (χ2n) is 7.43. The predicted octanol–water partition coefficient (Wildman–Crippen LogP) is 4.80. The lowest BCUT2D eigenvalue weighted by Crippen LogP contribution is -2.48. The molecule has 3 aromatic rings. The predicted molar refractivity (Wildman–Crippen MR) is 107 cm³/mol. The molecule has 3 unspecified atom stereocenters. The lowest BCUT2D eigenvalue weighted by Gasteiger charge is -2.39. The molecule has 1 N–H and O–H groups in total. The Kier molecular flexibility index (Phi) is 3.90. The van der Waals surface area contributed by atoms with Crippen LogP contribution in [0.15, 0.2) is 66.9 Å². The van der Waals surface area contributed by atoms with Gasteiger partial charge in [-0.3, -0.25) is 4.98 Å². The maximum Gasteiger partial charge on any atom is 0.175 e. The fourth-order valence-corrected chi connectivity index (χ4v) is 5.03. The number of halogens is 1. The van der Waals surface area contributed by atoms with E-state index in [9.17, 15) is 5.11 Å². The third kappa shape index (κ3) is 2.25. The number of hydrogen-bond acceptors (Lipinski definition) is 4. The molecule has 2 heterocycles. The summed E-state index contributed by atoms with van der Waals surface area (Å²) in [6.45, 7) is 0. The van der Waals surface area contributed by atoms with Crippen molar-refractivity contribution in [2.45, 2.75) is 30.0 Å². The van der Waals surface area contributed by atoms with Crippen molar-refractivity contribution in [2.75, 3.05) is 7.11 Å². The Balaban J connectivity index is 1.74. The molecule has 0 amide bonds. The number of nitrogens with zero attached hydrogens (tertiary/aromatic N) is 1. The first-order valence-corrected chi connectivity index (χ1v) is 9.73. The van der Waals surface area contributed by atoms with E-state index in [1.807, 2.05) is 42.5 Å². The summed E-state index contributed by atoms with van der Waals surface area (Å²) >= 11 is 6.17. The standard InChI is InChI=1S/C23H20ClNO3/c1-27-18-9-7-16(8-10-18)23-19(15-5-3-2-4-6-15)11-12-22(23,26)21-20(28-23)13-17(24)14-25-21/h2-10,13-14,19,26H,11-12H2,1H3. The third-order valence-electron chi connectivity index (χ3n) is 6.10. The molecule has 5 rings (SSSR count). The van der Waals surface area contributed by atoms with Crippen LogP contribution in [-0.4, -0.2) is 17.2 Å². The molecular formula is C23H20ClNO3. The maximum atomic E-state index is 12.0. The van der Waals surface area contributed by atoms with Gasteiger partial charge in [0.05, 0.1) is 12.1 Å². The van der Waals surface area contributed by atoms with Gasteiger partial charge in [0, 0.05) is 18.2 Å². The van der Waals surface area contributed by atoms with Crippen molar-refractivity contribution in [2.24, 2.45) is 0 Å². The summed E-state index contributed by atoms with van der Waals surface area (Å²) in [4.78, 5) is 4.47. The lowest BCUT2D eigenvalue weighted by atomic mass is 9.73. The Morgan fingerprint density at radius 1 is 1.14 bits per heavy atom. The number of aliphatic hydroxyl groups is 1. The highest BCUT2D eigenvalue weighted by molar-refractivity contribution is 6.30. The minimum absolute atomic E-state index is 0.0277. The average molecular weight is 394 g/mol. The molecular weight excluding hydrogens is 374 g/mol. The Morgan fingerprint density at radius 3 is 2.61 bits per heavy atom. The number of rotatable bonds is 3.